The van der Waals surface area contributed by atoms with E-state index in [-0.39, 0.29) is 34.0 Å². The molecule has 0 heterocycles. The lowest BCUT2D eigenvalue weighted by molar-refractivity contribution is -0.137. The quantitative estimate of drug-likeness (QED) is 0.356. The Morgan fingerprint density at radius 3 is 2.46 bits per heavy atom. The van der Waals surface area contributed by atoms with E-state index in [1.807, 2.05) is 0 Å². The topological polar surface area (TPSA) is 65.0 Å². The molecule has 0 aliphatic heterocycles. The maximum Gasteiger partial charge on any atom is 0.349 e. The molecule has 0 saturated heterocycles. The zero-order chi connectivity index (χ0) is 17.9. The summed E-state index contributed by atoms with van der Waals surface area (Å²) in [6, 6.07) is 2.73. The molecule has 1 rings (SSSR count). The second-order valence-electron chi connectivity index (χ2n) is 4.64. The van der Waals surface area contributed by atoms with Crippen LogP contribution in [0.15, 0.2) is 23.2 Å². The maximum absolute atomic E-state index is 11.2. The van der Waals surface area contributed by atoms with E-state index in [0.29, 0.717) is 19.0 Å². The van der Waals surface area contributed by atoms with Crippen LogP contribution < -0.4 is 4.74 Å². The van der Waals surface area contributed by atoms with E-state index >= 15 is 0 Å². The molecule has 0 aliphatic rings. The third-order valence-electron chi connectivity index (χ3n) is 2.76. The fraction of sp³-hybridized carbons (Fsp3) is 0.438. The second-order valence-corrected chi connectivity index (χ2v) is 5.86. The minimum Gasteiger partial charge on any atom is -0.508 e. The van der Waals surface area contributed by atoms with Crippen LogP contribution in [0.4, 0.5) is 0 Å². The summed E-state index contributed by atoms with van der Waals surface area (Å²) in [5.41, 5.74) is 0. The Bertz CT molecular complexity index is 552. The van der Waals surface area contributed by atoms with Gasteiger partial charge in [-0.3, -0.25) is 0 Å². The van der Waals surface area contributed by atoms with Crippen molar-refractivity contribution in [3.63, 3.8) is 0 Å². The number of benzene rings is 1. The molecule has 0 radical (unpaired) electrons. The number of hydrogen-bond donors (Lipinski definition) is 1. The van der Waals surface area contributed by atoms with E-state index < -0.39 is 5.97 Å². The molecule has 1 aromatic carbocycles. The molecule has 1 aromatic rings. The summed E-state index contributed by atoms with van der Waals surface area (Å²) >= 11 is 17.6. The molecule has 0 amide bonds. The van der Waals surface area contributed by atoms with E-state index in [0.717, 1.165) is 12.8 Å². The van der Waals surface area contributed by atoms with Gasteiger partial charge in [0, 0.05) is 18.7 Å². The largest absolute Gasteiger partial charge is 0.508 e. The number of rotatable bonds is 10. The van der Waals surface area contributed by atoms with Gasteiger partial charge in [-0.1, -0.05) is 34.8 Å². The van der Waals surface area contributed by atoms with Gasteiger partial charge in [-0.2, -0.15) is 0 Å². The first-order chi connectivity index (χ1) is 11.5. The number of esters is 1. The average molecular weight is 398 g/mol. The van der Waals surface area contributed by atoms with Crippen molar-refractivity contribution < 1.29 is 24.1 Å². The fourth-order valence-electron chi connectivity index (χ4n) is 1.66. The SMILES string of the molecule is CCOC(=O)C(Cl)=CCOCCCCOc1c(Cl)cc(O)cc1Cl. The van der Waals surface area contributed by atoms with Gasteiger partial charge in [0.05, 0.1) is 29.9 Å². The van der Waals surface area contributed by atoms with Crippen molar-refractivity contribution in [3.8, 4) is 11.5 Å². The first kappa shape index (κ1) is 20.9. The molecule has 1 N–H and O–H groups in total. The predicted octanol–water partition coefficient (Wildman–Crippen LogP) is 4.56. The van der Waals surface area contributed by atoms with Crippen molar-refractivity contribution in [3.05, 3.63) is 33.3 Å². The van der Waals surface area contributed by atoms with Crippen LogP contribution in [0, 0.1) is 0 Å². The van der Waals surface area contributed by atoms with E-state index in [4.69, 9.17) is 49.0 Å². The number of ether oxygens (including phenoxy) is 3. The molecule has 0 spiro atoms. The summed E-state index contributed by atoms with van der Waals surface area (Å²) in [4.78, 5) is 11.2. The number of phenols is 1. The van der Waals surface area contributed by atoms with Crippen LogP contribution in [-0.4, -0.2) is 37.5 Å². The highest BCUT2D eigenvalue weighted by Crippen LogP contribution is 2.36. The molecule has 0 saturated carbocycles. The number of carbonyl (C=O) groups excluding carboxylic acids is 1. The molecule has 5 nitrogen and oxygen atoms in total. The molecule has 0 atom stereocenters. The van der Waals surface area contributed by atoms with Crippen LogP contribution in [0.25, 0.3) is 0 Å². The average Bonchev–Trinajstić information content (AvgIpc) is 2.51. The van der Waals surface area contributed by atoms with Crippen LogP contribution >= 0.6 is 34.8 Å². The van der Waals surface area contributed by atoms with Crippen molar-refractivity contribution in [2.75, 3.05) is 26.4 Å². The zero-order valence-electron chi connectivity index (χ0n) is 13.2. The molecule has 0 unspecified atom stereocenters. The first-order valence-electron chi connectivity index (χ1n) is 7.37. The third kappa shape index (κ3) is 7.62. The predicted molar refractivity (Wildman–Crippen MR) is 94.2 cm³/mol. The standard InChI is InChI=1S/C16H19Cl3O5/c1-2-23-16(21)12(17)5-8-22-6-3-4-7-24-15-13(18)9-11(20)10-14(15)19/h5,9-10,20H,2-4,6-8H2,1H3. The van der Waals surface area contributed by atoms with E-state index in [1.54, 1.807) is 6.92 Å². The van der Waals surface area contributed by atoms with Crippen molar-refractivity contribution in [1.82, 2.24) is 0 Å². The fourth-order valence-corrected chi connectivity index (χ4v) is 2.37. The van der Waals surface area contributed by atoms with Gasteiger partial charge in [-0.15, -0.1) is 0 Å². The molecular formula is C16H19Cl3O5. The number of phenolic OH excluding ortho intramolecular Hbond substituents is 1. The molecule has 24 heavy (non-hydrogen) atoms. The number of carbonyl (C=O) groups is 1. The summed E-state index contributed by atoms with van der Waals surface area (Å²) < 4.78 is 15.6. The van der Waals surface area contributed by atoms with Gasteiger partial charge in [0.1, 0.15) is 10.8 Å². The van der Waals surface area contributed by atoms with Gasteiger partial charge in [0.25, 0.3) is 0 Å². The molecule has 8 heteroatoms. The lowest BCUT2D eigenvalue weighted by Gasteiger charge is -2.10. The Kier molecular flexibility index (Phi) is 9.95. The van der Waals surface area contributed by atoms with Gasteiger partial charge < -0.3 is 19.3 Å². The van der Waals surface area contributed by atoms with Gasteiger partial charge in [-0.05, 0) is 25.8 Å². The Morgan fingerprint density at radius 1 is 1.21 bits per heavy atom. The van der Waals surface area contributed by atoms with Crippen LogP contribution in [0.5, 0.6) is 11.5 Å². The summed E-state index contributed by atoms with van der Waals surface area (Å²) in [7, 11) is 0. The first-order valence-corrected chi connectivity index (χ1v) is 8.50. The molecule has 0 aromatic heterocycles. The highest BCUT2D eigenvalue weighted by molar-refractivity contribution is 6.41. The number of unbranched alkanes of at least 4 members (excludes halogenated alkanes) is 1. The Hall–Kier alpha value is -1.14. The number of hydrogen-bond acceptors (Lipinski definition) is 5. The highest BCUT2D eigenvalue weighted by Gasteiger charge is 2.09. The molecule has 134 valence electrons. The van der Waals surface area contributed by atoms with Crippen molar-refractivity contribution in [2.24, 2.45) is 0 Å². The molecule has 0 fully saturated rings. The Balaban J connectivity index is 2.17. The Morgan fingerprint density at radius 2 is 1.83 bits per heavy atom. The van der Waals surface area contributed by atoms with Gasteiger partial charge in [0.15, 0.2) is 5.75 Å². The molecule has 0 bridgehead atoms. The van der Waals surface area contributed by atoms with Crippen LogP contribution in [0.2, 0.25) is 10.0 Å². The Labute approximate surface area is 156 Å². The van der Waals surface area contributed by atoms with Crippen molar-refractivity contribution in [1.29, 1.82) is 0 Å². The highest BCUT2D eigenvalue weighted by atomic mass is 35.5. The molecule has 0 aliphatic carbocycles. The van der Waals surface area contributed by atoms with Crippen LogP contribution in [0.1, 0.15) is 19.8 Å². The summed E-state index contributed by atoms with van der Waals surface area (Å²) in [5.74, 6) is -0.222. The van der Waals surface area contributed by atoms with Crippen LogP contribution in [0.3, 0.4) is 0 Å². The van der Waals surface area contributed by atoms with Gasteiger partial charge in [-0.25, -0.2) is 4.79 Å². The van der Waals surface area contributed by atoms with Crippen molar-refractivity contribution >= 4 is 40.8 Å². The second kappa shape index (κ2) is 11.4. The minimum atomic E-state index is -0.557. The number of aromatic hydroxyl groups is 1. The molecular weight excluding hydrogens is 379 g/mol. The van der Waals surface area contributed by atoms with E-state index in [9.17, 15) is 9.90 Å². The van der Waals surface area contributed by atoms with Gasteiger partial charge >= 0.3 is 5.97 Å². The maximum atomic E-state index is 11.2. The van der Waals surface area contributed by atoms with Gasteiger partial charge in [0.2, 0.25) is 0 Å². The summed E-state index contributed by atoms with van der Waals surface area (Å²) in [6.07, 6.45) is 2.94. The van der Waals surface area contributed by atoms with E-state index in [1.165, 1.54) is 18.2 Å². The monoisotopic (exact) mass is 396 g/mol. The van der Waals surface area contributed by atoms with Crippen molar-refractivity contribution in [2.45, 2.75) is 19.8 Å². The van der Waals surface area contributed by atoms with Crippen LogP contribution in [-0.2, 0) is 14.3 Å². The normalized spacial score (nSPS) is 11.4. The third-order valence-corrected chi connectivity index (χ3v) is 3.63. The lowest BCUT2D eigenvalue weighted by atomic mass is 10.3. The van der Waals surface area contributed by atoms with E-state index in [2.05, 4.69) is 0 Å². The minimum absolute atomic E-state index is 0.0109. The summed E-state index contributed by atoms with van der Waals surface area (Å²) in [6.45, 7) is 3.11. The summed E-state index contributed by atoms with van der Waals surface area (Å²) in [5, 5.41) is 9.86. The lowest BCUT2D eigenvalue weighted by Crippen LogP contribution is -2.05. The smallest absolute Gasteiger partial charge is 0.349 e. The number of halogens is 3. The zero-order valence-corrected chi connectivity index (χ0v) is 15.5.